The van der Waals surface area contributed by atoms with Crippen molar-refractivity contribution in [2.75, 3.05) is 20.3 Å². The Bertz CT molecular complexity index is 826. The van der Waals surface area contributed by atoms with E-state index in [4.69, 9.17) is 9.47 Å². The van der Waals surface area contributed by atoms with E-state index in [2.05, 4.69) is 24.6 Å². The molecule has 4 unspecified atom stereocenters. The maximum Gasteiger partial charge on any atom is 0 e. The third kappa shape index (κ3) is 7.50. The van der Waals surface area contributed by atoms with Crippen LogP contribution < -0.4 is 5.32 Å². The van der Waals surface area contributed by atoms with Crippen LogP contribution in [0.1, 0.15) is 52.4 Å². The number of methoxy groups -OCH3 is 1. The first-order valence-corrected chi connectivity index (χ1v) is 15.2. The van der Waals surface area contributed by atoms with Crippen molar-refractivity contribution in [1.82, 2.24) is 5.32 Å². The Kier molecular flexibility index (Phi) is 15.5. The number of aliphatic hydroxyl groups is 2. The topological polar surface area (TPSA) is 105 Å². The molecule has 0 spiro atoms. The van der Waals surface area contributed by atoms with Crippen LogP contribution >= 0.6 is 0 Å². The number of hydrogen-bond donors (Lipinski definition) is 3. The second-order valence-electron chi connectivity index (χ2n) is 10.6. The molecule has 7 atom stereocenters. The van der Waals surface area contributed by atoms with Crippen molar-refractivity contribution in [2.24, 2.45) is 22.7 Å². The summed E-state index contributed by atoms with van der Waals surface area (Å²) in [5.74, 6) is 1.68. The minimum atomic E-state index is -0.571. The molecule has 1 heterocycles. The Hall–Kier alpha value is 1.70. The van der Waals surface area contributed by atoms with Crippen molar-refractivity contribution >= 4 is 26.9 Å². The molecule has 0 aromatic rings. The molecule has 3 rings (SSSR count). The zero-order valence-corrected chi connectivity index (χ0v) is 33.3. The molecule has 2 saturated carbocycles. The summed E-state index contributed by atoms with van der Waals surface area (Å²) in [7, 11) is 1.39. The van der Waals surface area contributed by atoms with Crippen molar-refractivity contribution in [3.05, 3.63) is 23.8 Å². The fraction of sp³-hybridized carbons (Fsp3) is 0.769. The molecule has 1 aliphatic heterocycles. The summed E-state index contributed by atoms with van der Waals surface area (Å²) >= 11 is 0.422. The summed E-state index contributed by atoms with van der Waals surface area (Å²) in [4.78, 5) is 25.2. The smallest absolute Gasteiger partial charge is 0 e. The van der Waals surface area contributed by atoms with E-state index >= 15 is 0 Å². The van der Waals surface area contributed by atoms with Crippen molar-refractivity contribution < 1.29 is 117 Å². The number of aliphatic hydroxyl groups excluding tert-OH is 2. The minimum Gasteiger partial charge on any atom is 0 e. The molecular weight excluding hydrogens is 955 g/mol. The fourth-order valence-corrected chi connectivity index (χ4v) is 7.69. The van der Waals surface area contributed by atoms with E-state index in [0.29, 0.717) is 39.8 Å². The van der Waals surface area contributed by atoms with Crippen LogP contribution in [0.15, 0.2) is 23.8 Å². The van der Waals surface area contributed by atoms with E-state index in [1.165, 1.54) is 7.11 Å². The maximum absolute atomic E-state index is 12.6. The zero-order valence-electron chi connectivity index (χ0n) is 22.1. The maximum atomic E-state index is 12.6. The molecule has 36 heavy (non-hydrogen) atoms. The molecule has 0 saturated heterocycles. The Labute approximate surface area is 294 Å². The van der Waals surface area contributed by atoms with Crippen molar-refractivity contribution in [2.45, 2.75) is 81.7 Å². The number of rotatable bonds is 10. The number of hydrogen-bond acceptors (Lipinski definition) is 7. The van der Waals surface area contributed by atoms with Gasteiger partial charge in [0.2, 0.25) is 0 Å². The molecule has 7 nitrogen and oxygen atoms in total. The number of cyclic esters (lactones) is 1. The Morgan fingerprint density at radius 1 is 1.36 bits per heavy atom. The molecule has 198 valence electrons. The van der Waals surface area contributed by atoms with Gasteiger partial charge in [0.1, 0.15) is 0 Å². The van der Waals surface area contributed by atoms with E-state index in [1.54, 1.807) is 0 Å². The molecule has 3 aliphatic rings. The van der Waals surface area contributed by atoms with Gasteiger partial charge in [-0.25, -0.2) is 0 Å². The largest absolute Gasteiger partial charge is 0 e. The van der Waals surface area contributed by atoms with Crippen LogP contribution in [0.3, 0.4) is 0 Å². The fourth-order valence-electron chi connectivity index (χ4n) is 6.70. The van der Waals surface area contributed by atoms with Crippen LogP contribution in [-0.4, -0.2) is 75.6 Å². The average molecular weight is 997 g/mol. The molecule has 0 aromatic carbocycles. The van der Waals surface area contributed by atoms with Gasteiger partial charge in [-0.2, -0.15) is 0 Å². The van der Waals surface area contributed by atoms with E-state index in [1.807, 2.05) is 13.0 Å². The molecule has 2 aliphatic carbocycles. The van der Waals surface area contributed by atoms with Crippen LogP contribution in [0.5, 0.6) is 0 Å². The number of ether oxygens (including phenoxy) is 2. The first-order valence-electron chi connectivity index (χ1n) is 12.3. The summed E-state index contributed by atoms with van der Waals surface area (Å²) in [6.07, 6.45) is 5.69. The number of nitrogens with one attached hydrogen (secondary N) is 1. The van der Waals surface area contributed by atoms with Crippen LogP contribution in [0.25, 0.3) is 0 Å². The third-order valence-electron chi connectivity index (χ3n) is 8.79. The summed E-state index contributed by atoms with van der Waals surface area (Å²) in [6, 6.07) is -0.865. The molecule has 0 bridgehead atoms. The second-order valence-corrected chi connectivity index (χ2v) is 12.7. The van der Waals surface area contributed by atoms with Gasteiger partial charge in [-0.3, -0.25) is 0 Å². The molecule has 2 fully saturated rings. The van der Waals surface area contributed by atoms with E-state index < -0.39 is 17.6 Å². The van der Waals surface area contributed by atoms with Gasteiger partial charge in [-0.15, -0.1) is 0 Å². The molecule has 2 radical (unpaired) electrons. The van der Waals surface area contributed by atoms with E-state index in [0.717, 1.165) is 30.2 Å². The first kappa shape index (κ1) is 35.7. The molecular formula is C26H41Ac2NO6Se. The van der Waals surface area contributed by atoms with Crippen molar-refractivity contribution in [1.29, 1.82) is 0 Å². The standard InChI is InChI=1S/C26H41NO6Se.2Ac/c1-16-6-7-21-25(2,11-8-22(29)26(21,3)15-28)18(16)14-20(17-9-12-33-23(17)30)27-19(10-13-34-5)24(31)32-4;;/h9,18-22,27-29H,1,6-8,10-15H2,2-5H3;;/t18-,19?,20?,21?,22?,25+,26-;;/m0../s1. The monoisotopic (exact) mass is 997 g/mol. The number of carbonyl (C=O) groups is 2. The van der Waals surface area contributed by atoms with E-state index in [9.17, 15) is 19.8 Å². The minimum absolute atomic E-state index is 0. The van der Waals surface area contributed by atoms with Gasteiger partial charge in [0.25, 0.3) is 0 Å². The van der Waals surface area contributed by atoms with Gasteiger partial charge in [0.15, 0.2) is 0 Å². The van der Waals surface area contributed by atoms with Gasteiger partial charge < -0.3 is 0 Å². The second kappa shape index (κ2) is 15.6. The molecule has 3 N–H and O–H groups in total. The number of esters is 2. The SMILES string of the molecule is C=C1CCC2[C@](C)(CO)C(O)CC[C@]2(C)[C@H]1CC(NC(CC[Se]C)C(=O)OC)C1=CCOC1=O.[Ac].[Ac]. The predicted molar refractivity (Wildman–Crippen MR) is 131 cm³/mol. The van der Waals surface area contributed by atoms with Gasteiger partial charge in [0, 0.05) is 88.1 Å². The normalized spacial score (nSPS) is 33.3. The quantitative estimate of drug-likeness (QED) is 0.176. The summed E-state index contributed by atoms with van der Waals surface area (Å²) in [5, 5.41) is 25.5. The molecule has 0 aromatic heterocycles. The van der Waals surface area contributed by atoms with Gasteiger partial charge >= 0.3 is 210 Å². The van der Waals surface area contributed by atoms with Gasteiger partial charge in [0.05, 0.1) is 0 Å². The summed E-state index contributed by atoms with van der Waals surface area (Å²) in [5.41, 5.74) is 0.955. The third-order valence-corrected chi connectivity index (χ3v) is 10.1. The van der Waals surface area contributed by atoms with Crippen LogP contribution in [-0.2, 0) is 19.1 Å². The Morgan fingerprint density at radius 2 is 2.06 bits per heavy atom. The molecule has 10 heteroatoms. The van der Waals surface area contributed by atoms with Gasteiger partial charge in [-0.05, 0) is 0 Å². The number of allylic oxidation sites excluding steroid dienone is 1. The predicted octanol–water partition coefficient (Wildman–Crippen LogP) is 2.66. The van der Waals surface area contributed by atoms with Crippen molar-refractivity contribution in [3.8, 4) is 0 Å². The summed E-state index contributed by atoms with van der Waals surface area (Å²) < 4.78 is 10.3. The van der Waals surface area contributed by atoms with Crippen molar-refractivity contribution in [3.63, 3.8) is 0 Å². The zero-order chi connectivity index (χ0) is 25.1. The van der Waals surface area contributed by atoms with E-state index in [-0.39, 0.29) is 137 Å². The molecule has 0 amide bonds. The summed E-state index contributed by atoms with van der Waals surface area (Å²) in [6.45, 7) is 8.86. The van der Waals surface area contributed by atoms with Crippen LogP contribution in [0, 0.1) is 111 Å². The average Bonchev–Trinajstić information content (AvgIpc) is 3.25. The first-order chi connectivity index (χ1) is 16.1. The number of fused-ring (bicyclic) bond motifs is 1. The Balaban J connectivity index is 0.00000324. The Morgan fingerprint density at radius 3 is 2.61 bits per heavy atom. The van der Waals surface area contributed by atoms with Crippen LogP contribution in [0.2, 0.25) is 11.1 Å². The number of carbonyl (C=O) groups excluding carboxylic acids is 2. The van der Waals surface area contributed by atoms with Crippen LogP contribution in [0.4, 0.5) is 0 Å². The van der Waals surface area contributed by atoms with Gasteiger partial charge in [-0.1, -0.05) is 0 Å².